The van der Waals surface area contributed by atoms with Crippen LogP contribution in [-0.4, -0.2) is 91.5 Å². The number of hydrogen-bond donors (Lipinski definition) is 4. The van der Waals surface area contributed by atoms with Crippen LogP contribution in [0.4, 0.5) is 17.1 Å². The summed E-state index contributed by atoms with van der Waals surface area (Å²) < 4.78 is 72.1. The second-order valence-corrected chi connectivity index (χ2v) is 19.7. The Morgan fingerprint density at radius 3 is 1.75 bits per heavy atom. The number of fused-ring (bicyclic) bond motifs is 2. The molecule has 4 N–H and O–H groups in total. The fourth-order valence-corrected chi connectivity index (χ4v) is 10.0. The second-order valence-electron chi connectivity index (χ2n) is 16.0. The van der Waals surface area contributed by atoms with E-state index >= 15 is 0 Å². The van der Waals surface area contributed by atoms with E-state index < -0.39 is 50.9 Å². The lowest BCUT2D eigenvalue weighted by molar-refractivity contribution is -0.120. The quantitative estimate of drug-likeness (QED) is 0.0372. The summed E-state index contributed by atoms with van der Waals surface area (Å²) in [4.78, 5) is 41.0. The molecule has 1 aliphatic heterocycles. The number of aryl methyl sites for hydroxylation is 2. The van der Waals surface area contributed by atoms with Crippen molar-refractivity contribution in [1.82, 2.24) is 15.8 Å². The van der Waals surface area contributed by atoms with Crippen LogP contribution in [0.1, 0.15) is 29.2 Å². The van der Waals surface area contributed by atoms with E-state index in [1.54, 1.807) is 98.2 Å². The third-order valence-corrected chi connectivity index (χ3v) is 14.4. The van der Waals surface area contributed by atoms with Crippen LogP contribution < -0.4 is 34.3 Å². The van der Waals surface area contributed by atoms with Crippen molar-refractivity contribution in [1.29, 1.82) is 0 Å². The first-order valence-corrected chi connectivity index (χ1v) is 25.3. The second kappa shape index (κ2) is 23.5. The van der Waals surface area contributed by atoms with Crippen molar-refractivity contribution in [3.05, 3.63) is 174 Å². The average Bonchev–Trinajstić information content (AvgIpc) is 3.94. The number of para-hydroxylation sites is 2. The van der Waals surface area contributed by atoms with Gasteiger partial charge in [-0.3, -0.25) is 23.0 Å². The van der Waals surface area contributed by atoms with E-state index in [0.717, 1.165) is 36.2 Å². The van der Waals surface area contributed by atoms with Gasteiger partial charge in [-0.2, -0.15) is 10.2 Å². The van der Waals surface area contributed by atoms with Gasteiger partial charge in [0.15, 0.2) is 5.71 Å². The minimum atomic E-state index is -4.14. The molecule has 20 heteroatoms. The number of sulfonamides is 2. The van der Waals surface area contributed by atoms with Gasteiger partial charge in [0.05, 0.1) is 46.3 Å². The number of H-pyrrole nitrogens is 1. The van der Waals surface area contributed by atoms with Crippen LogP contribution in [0.5, 0.6) is 11.5 Å². The minimum Gasteiger partial charge on any atom is -0.494 e. The zero-order valence-corrected chi connectivity index (χ0v) is 41.4. The van der Waals surface area contributed by atoms with Crippen molar-refractivity contribution in [2.75, 3.05) is 53.9 Å². The average molecular weight is 1010 g/mol. The van der Waals surface area contributed by atoms with Crippen LogP contribution in [0, 0.1) is 13.8 Å². The monoisotopic (exact) mass is 1010 g/mol. The van der Waals surface area contributed by atoms with Gasteiger partial charge >= 0.3 is 0 Å². The Bertz CT molecular complexity index is 3310. The van der Waals surface area contributed by atoms with Crippen molar-refractivity contribution in [2.24, 2.45) is 10.2 Å². The van der Waals surface area contributed by atoms with Crippen LogP contribution in [-0.2, 0) is 39.2 Å². The maximum Gasteiger partial charge on any atom is 0.276 e. The molecule has 6 aromatic carbocycles. The van der Waals surface area contributed by atoms with Crippen molar-refractivity contribution < 1.29 is 45.4 Å². The number of rotatable bonds is 19. The molecule has 0 unspecified atom stereocenters. The highest BCUT2D eigenvalue weighted by atomic mass is 32.2. The molecule has 0 saturated carbocycles. The molecule has 1 aromatic heterocycles. The van der Waals surface area contributed by atoms with Crippen molar-refractivity contribution in [2.45, 2.75) is 30.6 Å². The summed E-state index contributed by atoms with van der Waals surface area (Å²) in [5, 5.41) is 11.6. The normalized spacial score (nSPS) is 12.7. The smallest absolute Gasteiger partial charge is 0.276 e. The number of carbonyl (C=O) groups excluding carboxylic acids is 3. The lowest BCUT2D eigenvalue weighted by Gasteiger charge is -2.24. The summed E-state index contributed by atoms with van der Waals surface area (Å²) >= 11 is 0. The first-order valence-electron chi connectivity index (χ1n) is 22.5. The number of benzene rings is 6. The first kappa shape index (κ1) is 51.5. The first-order chi connectivity index (χ1) is 34.7. The molecule has 7 aromatic rings. The molecule has 1 aliphatic rings. The van der Waals surface area contributed by atoms with Crippen molar-refractivity contribution in [3.63, 3.8) is 0 Å². The minimum absolute atomic E-state index is 0.0182. The number of carbonyl (C=O) groups is 3. The highest BCUT2D eigenvalue weighted by Crippen LogP contribution is 2.28. The number of nitrogens with one attached hydrogen (secondary N) is 4. The lowest BCUT2D eigenvalue weighted by atomic mass is 10.1. The van der Waals surface area contributed by atoms with Crippen LogP contribution in [0.3, 0.4) is 0 Å². The number of amides is 3. The molecule has 372 valence electrons. The van der Waals surface area contributed by atoms with E-state index in [1.807, 2.05) is 45.0 Å². The maximum absolute atomic E-state index is 13.6. The Morgan fingerprint density at radius 1 is 0.653 bits per heavy atom. The zero-order chi connectivity index (χ0) is 51.3. The zero-order valence-electron chi connectivity index (χ0n) is 39.7. The molecule has 0 aliphatic carbocycles. The third-order valence-electron chi connectivity index (χ3n) is 10.9. The van der Waals surface area contributed by atoms with E-state index in [0.29, 0.717) is 53.9 Å². The number of methoxy groups -OCH3 is 1. The van der Waals surface area contributed by atoms with Crippen molar-refractivity contribution >= 4 is 77.7 Å². The molecule has 0 spiro atoms. The fourth-order valence-electron chi connectivity index (χ4n) is 7.17. The van der Waals surface area contributed by atoms with Gasteiger partial charge in [0.25, 0.3) is 37.8 Å². The summed E-state index contributed by atoms with van der Waals surface area (Å²) in [7, 11) is -6.61. The summed E-state index contributed by atoms with van der Waals surface area (Å²) in [6.07, 6.45) is 3.31. The standard InChI is InChI=1S/C26H26N4O6S.C26H26N4O4S/c1-18-7-9-19(10-8-18)30(37(33,34)21-13-11-20(12-14-21)36-16-15-35-2)17-24(31)28-29-25-22-5-3-4-6-23(22)27-26(25)32;1-3-34-22-12-14-23(15-13-22)35(32,33)30(21-10-8-19(2)9-11-21)18-26(31)29-28-17-20-16-27-25-7-5-4-6-24(20)25/h3-14H,15-17H2,1-2H3,(H,28,31)(H,27,29,32);4-17,27H,3,18H2,1-2H3,(H,29,31). The molecule has 0 bridgehead atoms. The molecule has 18 nitrogen and oxygen atoms in total. The third kappa shape index (κ3) is 12.7. The van der Waals surface area contributed by atoms with E-state index in [-0.39, 0.29) is 15.5 Å². The van der Waals surface area contributed by atoms with Crippen molar-refractivity contribution in [3.8, 4) is 11.5 Å². The number of hydrazone groups is 2. The highest BCUT2D eigenvalue weighted by molar-refractivity contribution is 7.93. The molecule has 72 heavy (non-hydrogen) atoms. The van der Waals surface area contributed by atoms with Gasteiger partial charge in [0, 0.05) is 35.3 Å². The van der Waals surface area contributed by atoms with Crippen LogP contribution >= 0.6 is 0 Å². The Hall–Kier alpha value is -8.33. The summed E-state index contributed by atoms with van der Waals surface area (Å²) in [6.45, 7) is 5.82. The van der Waals surface area contributed by atoms with Gasteiger partial charge < -0.3 is 24.5 Å². The predicted molar refractivity (Wildman–Crippen MR) is 277 cm³/mol. The van der Waals surface area contributed by atoms with Gasteiger partial charge in [0.1, 0.15) is 31.2 Å². The molecule has 0 fully saturated rings. The predicted octanol–water partition coefficient (Wildman–Crippen LogP) is 6.91. The van der Waals surface area contributed by atoms with Crippen LogP contribution in [0.15, 0.2) is 172 Å². The van der Waals surface area contributed by atoms with Gasteiger partial charge in [-0.1, -0.05) is 71.8 Å². The van der Waals surface area contributed by atoms with Gasteiger partial charge in [-0.05, 0) is 106 Å². The molecular formula is C52H52N8O10S2. The number of aromatic nitrogens is 1. The largest absolute Gasteiger partial charge is 0.494 e. The number of nitrogens with zero attached hydrogens (tertiary/aromatic N) is 4. The molecule has 3 amide bonds. The Labute approximate surface area is 417 Å². The van der Waals surface area contributed by atoms with E-state index in [1.165, 1.54) is 42.6 Å². The van der Waals surface area contributed by atoms with Crippen LogP contribution in [0.25, 0.3) is 10.9 Å². The highest BCUT2D eigenvalue weighted by Gasteiger charge is 2.30. The van der Waals surface area contributed by atoms with Crippen LogP contribution in [0.2, 0.25) is 0 Å². The molecule has 2 heterocycles. The number of hydrogen-bond acceptors (Lipinski definition) is 12. The van der Waals surface area contributed by atoms with E-state index in [4.69, 9.17) is 14.2 Å². The van der Waals surface area contributed by atoms with Gasteiger partial charge in [-0.15, -0.1) is 0 Å². The van der Waals surface area contributed by atoms with E-state index in [2.05, 4.69) is 31.4 Å². The Balaban J connectivity index is 0.000000212. The number of ether oxygens (including phenoxy) is 3. The molecule has 0 radical (unpaired) electrons. The molecule has 8 rings (SSSR count). The lowest BCUT2D eigenvalue weighted by Crippen LogP contribution is -2.40. The summed E-state index contributed by atoms with van der Waals surface area (Å²) in [5.74, 6) is -0.693. The topological polar surface area (TPSA) is 230 Å². The molecule has 0 saturated heterocycles. The van der Waals surface area contributed by atoms with Gasteiger partial charge in [0.2, 0.25) is 0 Å². The molecule has 0 atom stereocenters. The summed E-state index contributed by atoms with van der Waals surface area (Å²) in [6, 6.07) is 40.4. The summed E-state index contributed by atoms with van der Waals surface area (Å²) in [5.41, 5.74) is 10.3. The Kier molecular flexibility index (Phi) is 16.8. The SMILES string of the molecule is CCOc1ccc(S(=O)(=O)N(CC(=O)NN=Cc2c[nH]c3ccccc23)c2ccc(C)cc2)cc1.COCCOc1ccc(S(=O)(=O)N(CC(=O)NN=C2C(=O)Nc3ccccc32)c2ccc(C)cc2)cc1. The Morgan fingerprint density at radius 2 is 1.18 bits per heavy atom. The number of anilines is 3. The number of aromatic amines is 1. The van der Waals surface area contributed by atoms with Gasteiger partial charge in [-0.25, -0.2) is 27.7 Å². The maximum atomic E-state index is 13.6. The van der Waals surface area contributed by atoms with E-state index in [9.17, 15) is 31.2 Å². The molecular weight excluding hydrogens is 961 g/mol. The fraction of sp³-hybridized carbons (Fsp3) is 0.173.